The molecule has 2 rings (SSSR count). The highest BCUT2D eigenvalue weighted by Gasteiger charge is 2.13. The van der Waals surface area contributed by atoms with Gasteiger partial charge in [0.15, 0.2) is 0 Å². The van der Waals surface area contributed by atoms with Crippen LogP contribution in [-0.4, -0.2) is 20.2 Å². The fraction of sp³-hybridized carbons (Fsp3) is 0.111. The van der Waals surface area contributed by atoms with E-state index in [-0.39, 0.29) is 5.88 Å². The van der Waals surface area contributed by atoms with Crippen LogP contribution < -0.4 is 0 Å². The van der Waals surface area contributed by atoms with Gasteiger partial charge in [-0.25, -0.2) is 0 Å². The Bertz CT molecular complexity index is 560. The van der Waals surface area contributed by atoms with E-state index in [1.54, 1.807) is 6.07 Å². The van der Waals surface area contributed by atoms with Gasteiger partial charge in [-0.05, 0) is 34.5 Å². The number of aryl methyl sites for hydroxylation is 1. The summed E-state index contributed by atoms with van der Waals surface area (Å²) in [7, 11) is 0. The number of benzene rings is 1. The van der Waals surface area contributed by atoms with Gasteiger partial charge in [-0.15, -0.1) is 0 Å². The van der Waals surface area contributed by atoms with E-state index in [1.165, 1.54) is 0 Å². The Kier molecular flexibility index (Phi) is 2.44. The molecule has 6 heteroatoms. The predicted molar refractivity (Wildman–Crippen MR) is 60.3 cm³/mol. The average molecular weight is 290 g/mol. The third-order valence-corrected chi connectivity index (χ3v) is 3.64. The van der Waals surface area contributed by atoms with Gasteiger partial charge in [0.1, 0.15) is 5.52 Å². The molecule has 4 nitrogen and oxygen atoms in total. The van der Waals surface area contributed by atoms with Crippen molar-refractivity contribution < 1.29 is 10.2 Å². The van der Waals surface area contributed by atoms with Gasteiger partial charge in [-0.3, -0.25) is 0 Å². The van der Waals surface area contributed by atoms with Gasteiger partial charge in [-0.2, -0.15) is 9.97 Å². The van der Waals surface area contributed by atoms with Gasteiger partial charge in [-0.1, -0.05) is 11.6 Å². The topological polar surface area (TPSA) is 66.2 Å². The third kappa shape index (κ3) is 1.61. The molecular formula is C9H6BrClN2O2. The molecule has 0 spiro atoms. The fourth-order valence-corrected chi connectivity index (χ4v) is 1.90. The first-order valence-corrected chi connectivity index (χ1v) is 5.22. The van der Waals surface area contributed by atoms with Crippen LogP contribution in [-0.2, 0) is 0 Å². The number of fused-ring (bicyclic) bond motifs is 1. The first-order chi connectivity index (χ1) is 7.00. The van der Waals surface area contributed by atoms with Gasteiger partial charge in [0.2, 0.25) is 5.88 Å². The summed E-state index contributed by atoms with van der Waals surface area (Å²) in [5, 5.41) is 19.4. The Balaban J connectivity index is 2.98. The lowest BCUT2D eigenvalue weighted by molar-refractivity contribution is 0.403. The Morgan fingerprint density at radius 3 is 2.67 bits per heavy atom. The molecule has 0 radical (unpaired) electrons. The van der Waals surface area contributed by atoms with Crippen molar-refractivity contribution in [1.29, 1.82) is 0 Å². The fourth-order valence-electron chi connectivity index (χ4n) is 1.30. The summed E-state index contributed by atoms with van der Waals surface area (Å²) < 4.78 is 0.689. The molecular weight excluding hydrogens is 283 g/mol. The smallest absolute Gasteiger partial charge is 0.317 e. The van der Waals surface area contributed by atoms with E-state index in [0.29, 0.717) is 20.4 Å². The minimum Gasteiger partial charge on any atom is -0.493 e. The molecule has 1 aromatic heterocycles. The largest absolute Gasteiger partial charge is 0.493 e. The molecule has 1 heterocycles. The van der Waals surface area contributed by atoms with E-state index >= 15 is 0 Å². The maximum Gasteiger partial charge on any atom is 0.317 e. The zero-order valence-electron chi connectivity index (χ0n) is 7.62. The zero-order valence-corrected chi connectivity index (χ0v) is 9.96. The molecule has 2 N–H and O–H groups in total. The summed E-state index contributed by atoms with van der Waals surface area (Å²) >= 11 is 9.31. The van der Waals surface area contributed by atoms with Crippen LogP contribution in [0, 0.1) is 6.92 Å². The number of hydrogen-bond donors (Lipinski definition) is 2. The van der Waals surface area contributed by atoms with Crippen molar-refractivity contribution in [3.8, 4) is 11.9 Å². The number of rotatable bonds is 0. The van der Waals surface area contributed by atoms with Crippen molar-refractivity contribution in [2.45, 2.75) is 6.92 Å². The van der Waals surface area contributed by atoms with Crippen LogP contribution in [0.25, 0.3) is 10.9 Å². The minimum absolute atomic E-state index is 0.282. The molecule has 0 aliphatic carbocycles. The summed E-state index contributed by atoms with van der Waals surface area (Å²) in [6.45, 7) is 1.84. The maximum atomic E-state index is 9.51. The van der Waals surface area contributed by atoms with E-state index in [2.05, 4.69) is 25.9 Å². The quantitative estimate of drug-likeness (QED) is 0.782. The molecule has 0 aliphatic heterocycles. The van der Waals surface area contributed by atoms with Crippen molar-refractivity contribution in [3.63, 3.8) is 0 Å². The SMILES string of the molecule is Cc1cc2c(O)nc(O)nc2c(Cl)c1Br. The van der Waals surface area contributed by atoms with E-state index < -0.39 is 6.01 Å². The van der Waals surface area contributed by atoms with Gasteiger partial charge < -0.3 is 10.2 Å². The molecule has 0 amide bonds. The molecule has 2 aromatic rings. The van der Waals surface area contributed by atoms with Crippen LogP contribution in [0.5, 0.6) is 11.9 Å². The average Bonchev–Trinajstić information content (AvgIpc) is 2.17. The van der Waals surface area contributed by atoms with Crippen molar-refractivity contribution >= 4 is 38.4 Å². The lowest BCUT2D eigenvalue weighted by Crippen LogP contribution is -1.89. The second-order valence-corrected chi connectivity index (χ2v) is 4.24. The highest BCUT2D eigenvalue weighted by molar-refractivity contribution is 9.10. The standard InChI is InChI=1S/C9H6BrClN2O2/c1-3-2-4-7(6(11)5(3)10)12-9(15)13-8(4)14/h2H,1H3,(H2,12,13,14,15). The Hall–Kier alpha value is -1.07. The van der Waals surface area contributed by atoms with E-state index in [0.717, 1.165) is 5.56 Å². The van der Waals surface area contributed by atoms with Crippen molar-refractivity contribution in [2.75, 3.05) is 0 Å². The maximum absolute atomic E-state index is 9.51. The predicted octanol–water partition coefficient (Wildman–Crippen LogP) is 2.77. The van der Waals surface area contributed by atoms with Crippen molar-refractivity contribution in [1.82, 2.24) is 9.97 Å². The number of aromatic hydroxyl groups is 2. The van der Waals surface area contributed by atoms with Crippen LogP contribution in [0.3, 0.4) is 0 Å². The van der Waals surface area contributed by atoms with Gasteiger partial charge in [0, 0.05) is 4.47 Å². The van der Waals surface area contributed by atoms with Crippen LogP contribution in [0.1, 0.15) is 5.56 Å². The molecule has 15 heavy (non-hydrogen) atoms. The van der Waals surface area contributed by atoms with Crippen LogP contribution in [0.15, 0.2) is 10.5 Å². The monoisotopic (exact) mass is 288 g/mol. The first kappa shape index (κ1) is 10.4. The lowest BCUT2D eigenvalue weighted by Gasteiger charge is -2.06. The second-order valence-electron chi connectivity index (χ2n) is 3.06. The highest BCUT2D eigenvalue weighted by Crippen LogP contribution is 2.36. The molecule has 0 fully saturated rings. The summed E-state index contributed by atoms with van der Waals surface area (Å²) in [6, 6.07) is 1.19. The van der Waals surface area contributed by atoms with E-state index in [4.69, 9.17) is 16.7 Å². The minimum atomic E-state index is -0.502. The number of halogens is 2. The normalized spacial score (nSPS) is 10.9. The Morgan fingerprint density at radius 2 is 2.00 bits per heavy atom. The molecule has 78 valence electrons. The molecule has 0 unspecified atom stereocenters. The second kappa shape index (κ2) is 3.50. The molecule has 1 aromatic carbocycles. The zero-order chi connectivity index (χ0) is 11.2. The lowest BCUT2D eigenvalue weighted by atomic mass is 10.1. The summed E-state index contributed by atoms with van der Waals surface area (Å²) in [6.07, 6.45) is 0. The summed E-state index contributed by atoms with van der Waals surface area (Å²) in [5.41, 5.74) is 1.18. The van der Waals surface area contributed by atoms with E-state index in [9.17, 15) is 5.11 Å². The van der Waals surface area contributed by atoms with Crippen LogP contribution in [0.4, 0.5) is 0 Å². The molecule has 0 saturated carbocycles. The van der Waals surface area contributed by atoms with Crippen molar-refractivity contribution in [2.24, 2.45) is 0 Å². The molecule has 0 atom stereocenters. The first-order valence-electron chi connectivity index (χ1n) is 4.05. The third-order valence-electron chi connectivity index (χ3n) is 2.02. The van der Waals surface area contributed by atoms with Gasteiger partial charge in [0.25, 0.3) is 0 Å². The molecule has 0 saturated heterocycles. The number of aromatic nitrogens is 2. The van der Waals surface area contributed by atoms with Gasteiger partial charge in [0.05, 0.1) is 10.4 Å². The van der Waals surface area contributed by atoms with Crippen molar-refractivity contribution in [3.05, 3.63) is 21.1 Å². The van der Waals surface area contributed by atoms with Crippen LogP contribution in [0.2, 0.25) is 5.02 Å². The summed E-state index contributed by atoms with van der Waals surface area (Å²) in [4.78, 5) is 7.20. The van der Waals surface area contributed by atoms with Crippen LogP contribution >= 0.6 is 27.5 Å². The van der Waals surface area contributed by atoms with Gasteiger partial charge >= 0.3 is 6.01 Å². The summed E-state index contributed by atoms with van der Waals surface area (Å²) in [5.74, 6) is -0.282. The number of hydrogen-bond acceptors (Lipinski definition) is 4. The molecule has 0 bridgehead atoms. The highest BCUT2D eigenvalue weighted by atomic mass is 79.9. The Labute approximate surface area is 98.7 Å². The Morgan fingerprint density at radius 1 is 1.33 bits per heavy atom. The molecule has 0 aliphatic rings. The van der Waals surface area contributed by atoms with E-state index in [1.807, 2.05) is 6.92 Å². The number of nitrogens with zero attached hydrogens (tertiary/aromatic N) is 2.